The van der Waals surface area contributed by atoms with E-state index in [0.717, 1.165) is 10.6 Å². The second kappa shape index (κ2) is 7.71. The number of rotatable bonds is 6. The van der Waals surface area contributed by atoms with E-state index in [1.165, 1.54) is 18.4 Å². The minimum Gasteiger partial charge on any atom is -0.467 e. The van der Waals surface area contributed by atoms with Crippen LogP contribution in [0, 0.1) is 0 Å². The predicted octanol–water partition coefficient (Wildman–Crippen LogP) is 1.98. The first-order chi connectivity index (χ1) is 12.2. The molecule has 0 spiro atoms. The Morgan fingerprint density at radius 3 is 2.80 bits per heavy atom. The lowest BCUT2D eigenvalue weighted by Crippen LogP contribution is -2.44. The van der Waals surface area contributed by atoms with Gasteiger partial charge in [0.15, 0.2) is 0 Å². The van der Waals surface area contributed by atoms with Crippen molar-refractivity contribution in [1.82, 2.24) is 19.9 Å². The summed E-state index contributed by atoms with van der Waals surface area (Å²) < 4.78 is 6.46. The van der Waals surface area contributed by atoms with Gasteiger partial charge in [-0.15, -0.1) is 11.3 Å². The molecule has 0 saturated carbocycles. The molecule has 3 rings (SSSR count). The Bertz CT molecular complexity index is 846. The molecule has 3 aromatic rings. The van der Waals surface area contributed by atoms with Gasteiger partial charge in [0, 0.05) is 23.3 Å². The second-order valence-electron chi connectivity index (χ2n) is 5.21. The van der Waals surface area contributed by atoms with Gasteiger partial charge in [-0.1, -0.05) is 30.3 Å². The number of nitrogens with zero attached hydrogens (tertiary/aromatic N) is 3. The molecule has 2 heterocycles. The van der Waals surface area contributed by atoms with Crippen LogP contribution in [0.15, 0.2) is 54.4 Å². The number of benzene rings is 1. The number of imidazole rings is 1. The molecule has 1 amide bonds. The Hall–Kier alpha value is -3.00. The summed E-state index contributed by atoms with van der Waals surface area (Å²) in [4.78, 5) is 32.7. The molecule has 0 unspecified atom stereocenters. The fraction of sp³-hybridized carbons (Fsp3) is 0.176. The summed E-state index contributed by atoms with van der Waals surface area (Å²) >= 11 is 1.37. The smallest absolute Gasteiger partial charge is 0.330 e. The summed E-state index contributed by atoms with van der Waals surface area (Å²) in [6.45, 7) is 0.230. The fourth-order valence-corrected chi connectivity index (χ4v) is 3.06. The quantitative estimate of drug-likeness (QED) is 0.683. The van der Waals surface area contributed by atoms with Crippen molar-refractivity contribution in [2.45, 2.75) is 12.6 Å². The van der Waals surface area contributed by atoms with Crippen LogP contribution in [0.1, 0.15) is 10.5 Å². The Morgan fingerprint density at radius 2 is 2.12 bits per heavy atom. The van der Waals surface area contributed by atoms with Crippen LogP contribution in [0.5, 0.6) is 0 Å². The molecule has 0 aliphatic rings. The molecule has 1 N–H and O–H groups in total. The van der Waals surface area contributed by atoms with Crippen molar-refractivity contribution in [2.24, 2.45) is 0 Å². The van der Waals surface area contributed by atoms with Gasteiger partial charge in [-0.05, 0) is 0 Å². The van der Waals surface area contributed by atoms with Crippen molar-refractivity contribution in [2.75, 3.05) is 7.11 Å². The van der Waals surface area contributed by atoms with Gasteiger partial charge in [0.05, 0.1) is 20.0 Å². The monoisotopic (exact) mass is 356 g/mol. The summed E-state index contributed by atoms with van der Waals surface area (Å²) in [6.07, 6.45) is 4.87. The third-order valence-corrected chi connectivity index (χ3v) is 4.39. The molecule has 128 valence electrons. The Balaban J connectivity index is 1.73. The number of carbonyl (C=O) groups is 2. The standard InChI is InChI=1S/C17H16N4O3S/c1-24-17(23)13(9-21-8-7-18-11-21)19-15(22)14-10-25-16(20-14)12-5-3-2-4-6-12/h2-8,10-11,13H,9H2,1H3,(H,19,22)/t13-/m0/s1. The van der Waals surface area contributed by atoms with Crippen molar-refractivity contribution in [3.8, 4) is 10.6 Å². The highest BCUT2D eigenvalue weighted by Crippen LogP contribution is 2.23. The number of nitrogens with one attached hydrogen (secondary N) is 1. The molecule has 1 aromatic carbocycles. The van der Waals surface area contributed by atoms with E-state index >= 15 is 0 Å². The van der Waals surface area contributed by atoms with Gasteiger partial charge in [-0.25, -0.2) is 14.8 Å². The van der Waals surface area contributed by atoms with E-state index in [2.05, 4.69) is 15.3 Å². The van der Waals surface area contributed by atoms with Crippen LogP contribution < -0.4 is 5.32 Å². The van der Waals surface area contributed by atoms with Crippen molar-refractivity contribution in [3.63, 3.8) is 0 Å². The maximum Gasteiger partial charge on any atom is 0.330 e. The Kier molecular flexibility index (Phi) is 5.20. The third kappa shape index (κ3) is 4.10. The van der Waals surface area contributed by atoms with Crippen LogP contribution in [0.4, 0.5) is 0 Å². The van der Waals surface area contributed by atoms with Crippen LogP contribution in [0.25, 0.3) is 10.6 Å². The number of ether oxygens (including phenoxy) is 1. The van der Waals surface area contributed by atoms with Crippen molar-refractivity contribution in [1.29, 1.82) is 0 Å². The topological polar surface area (TPSA) is 86.1 Å². The first-order valence-corrected chi connectivity index (χ1v) is 8.40. The third-order valence-electron chi connectivity index (χ3n) is 3.50. The average Bonchev–Trinajstić information content (AvgIpc) is 3.33. The van der Waals surface area contributed by atoms with E-state index < -0.39 is 17.9 Å². The summed E-state index contributed by atoms with van der Waals surface area (Å²) in [5, 5.41) is 5.08. The molecular weight excluding hydrogens is 340 g/mol. The number of carbonyl (C=O) groups excluding carboxylic acids is 2. The molecule has 0 aliphatic heterocycles. The molecule has 1 atom stereocenters. The van der Waals surface area contributed by atoms with E-state index in [0.29, 0.717) is 0 Å². The van der Waals surface area contributed by atoms with E-state index in [1.807, 2.05) is 30.3 Å². The van der Waals surface area contributed by atoms with Gasteiger partial charge in [0.25, 0.3) is 5.91 Å². The number of aromatic nitrogens is 3. The van der Waals surface area contributed by atoms with E-state index in [9.17, 15) is 9.59 Å². The van der Waals surface area contributed by atoms with Gasteiger partial charge in [0.2, 0.25) is 0 Å². The molecule has 0 aliphatic carbocycles. The van der Waals surface area contributed by atoms with E-state index in [4.69, 9.17) is 4.74 Å². The van der Waals surface area contributed by atoms with Crippen LogP contribution in [0.3, 0.4) is 0 Å². The highest BCUT2D eigenvalue weighted by Gasteiger charge is 2.24. The molecule has 0 bridgehead atoms. The Morgan fingerprint density at radius 1 is 1.32 bits per heavy atom. The minimum atomic E-state index is -0.825. The lowest BCUT2D eigenvalue weighted by Gasteiger charge is -2.16. The van der Waals surface area contributed by atoms with Crippen LogP contribution in [-0.2, 0) is 16.1 Å². The molecular formula is C17H16N4O3S. The van der Waals surface area contributed by atoms with Crippen molar-refractivity contribution in [3.05, 3.63) is 60.1 Å². The maximum atomic E-state index is 12.4. The molecule has 8 heteroatoms. The summed E-state index contributed by atoms with van der Waals surface area (Å²) in [7, 11) is 1.28. The highest BCUT2D eigenvalue weighted by atomic mass is 32.1. The number of methoxy groups -OCH3 is 1. The van der Waals surface area contributed by atoms with Crippen LogP contribution in [0.2, 0.25) is 0 Å². The second-order valence-corrected chi connectivity index (χ2v) is 6.07. The van der Waals surface area contributed by atoms with Gasteiger partial charge in [-0.2, -0.15) is 0 Å². The van der Waals surface area contributed by atoms with Crippen LogP contribution in [-0.4, -0.2) is 39.6 Å². The Labute approximate surface area is 148 Å². The molecule has 2 aromatic heterocycles. The van der Waals surface area contributed by atoms with E-state index in [-0.39, 0.29) is 12.2 Å². The predicted molar refractivity (Wildman–Crippen MR) is 93.0 cm³/mol. The molecule has 0 fully saturated rings. The number of hydrogen-bond donors (Lipinski definition) is 1. The van der Waals surface area contributed by atoms with Gasteiger partial charge < -0.3 is 14.6 Å². The van der Waals surface area contributed by atoms with Gasteiger partial charge >= 0.3 is 5.97 Å². The SMILES string of the molecule is COC(=O)[C@H](Cn1ccnc1)NC(=O)c1csc(-c2ccccc2)n1. The summed E-state index contributed by atoms with van der Waals surface area (Å²) in [6, 6.07) is 8.77. The maximum absolute atomic E-state index is 12.4. The fourth-order valence-electron chi connectivity index (χ4n) is 2.25. The van der Waals surface area contributed by atoms with Crippen molar-refractivity contribution >= 4 is 23.2 Å². The normalized spacial score (nSPS) is 11.7. The van der Waals surface area contributed by atoms with Crippen molar-refractivity contribution < 1.29 is 14.3 Å². The zero-order valence-corrected chi connectivity index (χ0v) is 14.3. The number of hydrogen-bond acceptors (Lipinski definition) is 6. The molecule has 0 radical (unpaired) electrons. The summed E-state index contributed by atoms with van der Waals surface area (Å²) in [5.41, 5.74) is 1.21. The highest BCUT2D eigenvalue weighted by molar-refractivity contribution is 7.13. The summed E-state index contributed by atoms with van der Waals surface area (Å²) in [5.74, 6) is -0.950. The van der Waals surface area contributed by atoms with E-state index in [1.54, 1.807) is 28.7 Å². The molecule has 0 saturated heterocycles. The lowest BCUT2D eigenvalue weighted by atomic mass is 10.2. The molecule has 7 nitrogen and oxygen atoms in total. The zero-order valence-electron chi connectivity index (χ0n) is 13.5. The van der Waals surface area contributed by atoms with Crippen LogP contribution >= 0.6 is 11.3 Å². The minimum absolute atomic E-state index is 0.230. The number of esters is 1. The average molecular weight is 356 g/mol. The first-order valence-electron chi connectivity index (χ1n) is 7.52. The molecule has 25 heavy (non-hydrogen) atoms. The number of thiazole rings is 1. The lowest BCUT2D eigenvalue weighted by molar-refractivity contribution is -0.143. The van der Waals surface area contributed by atoms with Gasteiger partial charge in [0.1, 0.15) is 16.7 Å². The first kappa shape index (κ1) is 16.8. The van der Waals surface area contributed by atoms with Gasteiger partial charge in [-0.3, -0.25) is 4.79 Å². The number of amides is 1. The largest absolute Gasteiger partial charge is 0.467 e. The zero-order chi connectivity index (χ0) is 17.6.